The van der Waals surface area contributed by atoms with Gasteiger partial charge < -0.3 is 4.52 Å². The van der Waals surface area contributed by atoms with Gasteiger partial charge in [0.25, 0.3) is 0 Å². The van der Waals surface area contributed by atoms with Gasteiger partial charge in [0, 0.05) is 13.3 Å². The van der Waals surface area contributed by atoms with E-state index in [9.17, 15) is 4.57 Å². The average Bonchev–Trinajstić information content (AvgIpc) is 1.92. The summed E-state index contributed by atoms with van der Waals surface area (Å²) >= 11 is 0. The highest BCUT2D eigenvalue weighted by Crippen LogP contribution is 2.46. The summed E-state index contributed by atoms with van der Waals surface area (Å²) in [6, 6.07) is 0. The Balaban J connectivity index is 2.84. The van der Waals surface area contributed by atoms with Gasteiger partial charge in [0.1, 0.15) is 0 Å². The number of hydrogen-bond acceptors (Lipinski definition) is 2. The second kappa shape index (κ2) is 3.43. The van der Waals surface area contributed by atoms with E-state index in [1.807, 2.05) is 32.1 Å². The molecule has 13 heavy (non-hydrogen) atoms. The van der Waals surface area contributed by atoms with Crippen LogP contribution >= 0.6 is 7.37 Å². The summed E-state index contributed by atoms with van der Waals surface area (Å²) in [7, 11) is -2.41. The summed E-state index contributed by atoms with van der Waals surface area (Å²) < 4.78 is 17.2. The lowest BCUT2D eigenvalue weighted by Gasteiger charge is -2.33. The highest BCUT2D eigenvalue weighted by molar-refractivity contribution is 7.57. The lowest BCUT2D eigenvalue weighted by molar-refractivity contribution is 0.136. The Hall–Kier alpha value is -0.330. The highest BCUT2D eigenvalue weighted by atomic mass is 31.2. The first-order valence-corrected chi connectivity index (χ1v) is 6.95. The zero-order valence-electron chi connectivity index (χ0n) is 8.70. The predicted molar refractivity (Wildman–Crippen MR) is 56.5 cm³/mol. The fourth-order valence-electron chi connectivity index (χ4n) is 1.44. The van der Waals surface area contributed by atoms with Gasteiger partial charge in [0.05, 0.1) is 5.60 Å². The van der Waals surface area contributed by atoms with E-state index in [-0.39, 0.29) is 5.60 Å². The largest absolute Gasteiger partial charge is 0.318 e. The van der Waals surface area contributed by atoms with Crippen LogP contribution in [0.25, 0.3) is 0 Å². The molecule has 0 saturated carbocycles. The van der Waals surface area contributed by atoms with Crippen molar-refractivity contribution >= 4 is 7.37 Å². The number of hydrogen-bond donors (Lipinski definition) is 0. The molecule has 1 aliphatic rings. The van der Waals surface area contributed by atoms with Gasteiger partial charge in [0.2, 0.25) is 0 Å². The topological polar surface area (TPSA) is 26.3 Å². The Morgan fingerprint density at radius 3 is 2.62 bits per heavy atom. The molecule has 0 fully saturated rings. The van der Waals surface area contributed by atoms with Crippen molar-refractivity contribution in [1.29, 1.82) is 0 Å². The molecule has 1 unspecified atom stereocenters. The first-order valence-electron chi connectivity index (χ1n) is 4.43. The van der Waals surface area contributed by atoms with Gasteiger partial charge in [-0.2, -0.15) is 0 Å². The van der Waals surface area contributed by atoms with Crippen LogP contribution in [0.1, 0.15) is 20.3 Å². The zero-order chi connectivity index (χ0) is 10.1. The Kier molecular flexibility index (Phi) is 2.84. The van der Waals surface area contributed by atoms with Crippen molar-refractivity contribution in [2.75, 3.05) is 13.3 Å². The van der Waals surface area contributed by atoms with Crippen LogP contribution in [-0.2, 0) is 9.09 Å². The molecule has 0 heterocycles. The zero-order valence-corrected chi connectivity index (χ0v) is 9.60. The molecule has 3 heteroatoms. The normalized spacial score (nSPS) is 28.8. The third kappa shape index (κ3) is 2.82. The first kappa shape index (κ1) is 10.7. The predicted octanol–water partition coefficient (Wildman–Crippen LogP) is 3.21. The fraction of sp³-hybridized carbons (Fsp3) is 0.600. The standard InChI is InChI=1S/C10H17O2P/c1-9-7-5-6-8-10(9,2)12-13(3,4)11/h5-7H,8H2,1-4H3. The van der Waals surface area contributed by atoms with Crippen molar-refractivity contribution in [1.82, 2.24) is 0 Å². The Morgan fingerprint density at radius 2 is 2.15 bits per heavy atom. The Bertz CT molecular complexity index is 298. The monoisotopic (exact) mass is 200 g/mol. The minimum atomic E-state index is -2.41. The molecule has 0 aromatic carbocycles. The van der Waals surface area contributed by atoms with E-state index < -0.39 is 7.37 Å². The van der Waals surface area contributed by atoms with Crippen LogP contribution in [0.2, 0.25) is 0 Å². The summed E-state index contributed by atoms with van der Waals surface area (Å²) in [4.78, 5) is 0. The van der Waals surface area contributed by atoms with Crippen molar-refractivity contribution in [3.05, 3.63) is 23.8 Å². The molecule has 0 amide bonds. The maximum Gasteiger partial charge on any atom is 0.198 e. The molecule has 2 nitrogen and oxygen atoms in total. The maximum atomic E-state index is 11.6. The molecule has 0 aliphatic heterocycles. The molecule has 0 N–H and O–H groups in total. The van der Waals surface area contributed by atoms with Gasteiger partial charge >= 0.3 is 0 Å². The molecule has 1 rings (SSSR count). The quantitative estimate of drug-likeness (QED) is 0.640. The van der Waals surface area contributed by atoms with E-state index >= 15 is 0 Å². The lowest BCUT2D eigenvalue weighted by atomic mass is 9.90. The highest BCUT2D eigenvalue weighted by Gasteiger charge is 2.31. The third-order valence-electron chi connectivity index (χ3n) is 2.25. The first-order chi connectivity index (χ1) is 5.83. The molecule has 0 radical (unpaired) electrons. The number of allylic oxidation sites excluding steroid dienone is 2. The minimum absolute atomic E-state index is 0.367. The lowest BCUT2D eigenvalue weighted by Crippen LogP contribution is -2.29. The van der Waals surface area contributed by atoms with Crippen LogP contribution < -0.4 is 0 Å². The van der Waals surface area contributed by atoms with Crippen molar-refractivity contribution < 1.29 is 9.09 Å². The molecule has 0 aromatic rings. The van der Waals surface area contributed by atoms with Gasteiger partial charge in [-0.05, 0) is 25.8 Å². The minimum Gasteiger partial charge on any atom is -0.318 e. The van der Waals surface area contributed by atoms with E-state index in [4.69, 9.17) is 4.52 Å². The average molecular weight is 200 g/mol. The Morgan fingerprint density at radius 1 is 1.54 bits per heavy atom. The van der Waals surface area contributed by atoms with Crippen LogP contribution in [0.15, 0.2) is 23.8 Å². The van der Waals surface area contributed by atoms with Crippen LogP contribution in [-0.4, -0.2) is 18.9 Å². The van der Waals surface area contributed by atoms with Gasteiger partial charge in [-0.3, -0.25) is 4.57 Å². The van der Waals surface area contributed by atoms with Gasteiger partial charge in [-0.1, -0.05) is 18.2 Å². The molecule has 74 valence electrons. The van der Waals surface area contributed by atoms with E-state index in [2.05, 4.69) is 0 Å². The van der Waals surface area contributed by atoms with E-state index in [0.29, 0.717) is 0 Å². The van der Waals surface area contributed by atoms with Crippen LogP contribution in [0.5, 0.6) is 0 Å². The van der Waals surface area contributed by atoms with Crippen molar-refractivity contribution in [2.45, 2.75) is 25.9 Å². The van der Waals surface area contributed by atoms with Gasteiger partial charge in [0.15, 0.2) is 7.37 Å². The molecule has 0 aromatic heterocycles. The second-order valence-electron chi connectivity index (χ2n) is 4.06. The van der Waals surface area contributed by atoms with Crippen molar-refractivity contribution in [3.8, 4) is 0 Å². The van der Waals surface area contributed by atoms with E-state index in [1.165, 1.54) is 0 Å². The third-order valence-corrected chi connectivity index (χ3v) is 3.09. The van der Waals surface area contributed by atoms with Crippen LogP contribution in [0.3, 0.4) is 0 Å². The number of rotatable bonds is 2. The summed E-state index contributed by atoms with van der Waals surface area (Å²) in [6.45, 7) is 7.31. The summed E-state index contributed by atoms with van der Waals surface area (Å²) in [5, 5.41) is 0. The summed E-state index contributed by atoms with van der Waals surface area (Å²) in [5.41, 5.74) is 0.771. The molecular formula is C10H17O2P. The maximum absolute atomic E-state index is 11.6. The molecule has 1 aliphatic carbocycles. The van der Waals surface area contributed by atoms with E-state index in [1.54, 1.807) is 13.3 Å². The summed E-state index contributed by atoms with van der Waals surface area (Å²) in [5.74, 6) is 0. The SMILES string of the molecule is CC1=CC=CCC1(C)OP(C)(C)=O. The summed E-state index contributed by atoms with van der Waals surface area (Å²) in [6.07, 6.45) is 6.87. The van der Waals surface area contributed by atoms with Gasteiger partial charge in [-0.25, -0.2) is 0 Å². The molecular weight excluding hydrogens is 183 g/mol. The second-order valence-corrected chi connectivity index (χ2v) is 6.74. The smallest absolute Gasteiger partial charge is 0.198 e. The molecule has 0 spiro atoms. The van der Waals surface area contributed by atoms with Crippen molar-refractivity contribution in [3.63, 3.8) is 0 Å². The molecule has 0 saturated heterocycles. The van der Waals surface area contributed by atoms with Gasteiger partial charge in [-0.15, -0.1) is 0 Å². The Labute approximate surface area is 80.1 Å². The van der Waals surface area contributed by atoms with Crippen LogP contribution in [0, 0.1) is 0 Å². The van der Waals surface area contributed by atoms with Crippen molar-refractivity contribution in [2.24, 2.45) is 0 Å². The fourth-order valence-corrected chi connectivity index (χ4v) is 2.63. The molecule has 0 bridgehead atoms. The molecule has 1 atom stereocenters. The van der Waals surface area contributed by atoms with Crippen LogP contribution in [0.4, 0.5) is 0 Å². The van der Waals surface area contributed by atoms with E-state index in [0.717, 1.165) is 12.0 Å².